The average molecular weight is 427 g/mol. The summed E-state index contributed by atoms with van der Waals surface area (Å²) in [5.41, 5.74) is 1.42. The number of amides is 1. The van der Waals surface area contributed by atoms with Crippen LogP contribution in [0.3, 0.4) is 0 Å². The van der Waals surface area contributed by atoms with Crippen molar-refractivity contribution in [2.24, 2.45) is 0 Å². The van der Waals surface area contributed by atoms with Crippen LogP contribution >= 0.6 is 23.1 Å². The highest BCUT2D eigenvalue weighted by molar-refractivity contribution is 7.99. The zero-order valence-electron chi connectivity index (χ0n) is 16.6. The quantitative estimate of drug-likeness (QED) is 0.528. The molecule has 0 saturated heterocycles. The Kier molecular flexibility index (Phi) is 6.35. The highest BCUT2D eigenvalue weighted by Crippen LogP contribution is 2.40. The fraction of sp³-hybridized carbons (Fsp3) is 0.409. The molecule has 2 heterocycles. The first-order valence-electron chi connectivity index (χ1n) is 10.1. The Bertz CT molecular complexity index is 931. The molecule has 0 bridgehead atoms. The molecule has 1 fully saturated rings. The third-order valence-electron chi connectivity index (χ3n) is 5.68. The molecule has 1 aliphatic rings. The topological polar surface area (TPSA) is 59.8 Å². The van der Waals surface area contributed by atoms with E-state index in [0.29, 0.717) is 12.3 Å². The molecular formula is C22H26N4OS2. The predicted octanol–water partition coefficient (Wildman–Crippen LogP) is 4.75. The molecule has 0 atom stereocenters. The van der Waals surface area contributed by atoms with Crippen molar-refractivity contribution >= 4 is 29.0 Å². The highest BCUT2D eigenvalue weighted by atomic mass is 32.2. The first-order chi connectivity index (χ1) is 14.2. The average Bonchev–Trinajstić information content (AvgIpc) is 3.52. The first-order valence-corrected chi connectivity index (χ1v) is 12.0. The van der Waals surface area contributed by atoms with Gasteiger partial charge in [-0.3, -0.25) is 4.79 Å². The molecule has 29 heavy (non-hydrogen) atoms. The molecule has 2 aromatic heterocycles. The Morgan fingerprint density at radius 2 is 1.97 bits per heavy atom. The summed E-state index contributed by atoms with van der Waals surface area (Å²) < 4.78 is 2.08. The third kappa shape index (κ3) is 4.41. The number of carbonyl (C=O) groups excluding carboxylic acids is 1. The number of nitrogens with one attached hydrogen (secondary N) is 1. The molecule has 152 valence electrons. The maximum atomic E-state index is 12.6. The molecule has 1 aromatic carbocycles. The van der Waals surface area contributed by atoms with Crippen molar-refractivity contribution in [2.45, 2.75) is 49.7 Å². The van der Waals surface area contributed by atoms with Gasteiger partial charge in [0.05, 0.1) is 10.6 Å². The summed E-state index contributed by atoms with van der Waals surface area (Å²) >= 11 is 3.11. The Hall–Kier alpha value is -2.12. The Labute approximate surface area is 179 Å². The molecule has 0 radical (unpaired) electrons. The van der Waals surface area contributed by atoms with Crippen molar-refractivity contribution in [3.63, 3.8) is 0 Å². The summed E-state index contributed by atoms with van der Waals surface area (Å²) in [5.74, 6) is 1.29. The molecule has 1 saturated carbocycles. The molecule has 1 aliphatic carbocycles. The van der Waals surface area contributed by atoms with Gasteiger partial charge in [-0.1, -0.05) is 61.0 Å². The van der Waals surface area contributed by atoms with Crippen molar-refractivity contribution in [1.29, 1.82) is 0 Å². The van der Waals surface area contributed by atoms with Gasteiger partial charge in [-0.2, -0.15) is 0 Å². The van der Waals surface area contributed by atoms with E-state index in [1.165, 1.54) is 30.2 Å². The number of rotatable bonds is 8. The number of nitrogens with zero attached hydrogens (tertiary/aromatic N) is 3. The lowest BCUT2D eigenvalue weighted by Crippen LogP contribution is -2.39. The number of carbonyl (C=O) groups is 1. The maximum absolute atomic E-state index is 12.6. The Morgan fingerprint density at radius 3 is 2.66 bits per heavy atom. The van der Waals surface area contributed by atoms with Gasteiger partial charge in [0.15, 0.2) is 11.0 Å². The highest BCUT2D eigenvalue weighted by Gasteiger charge is 2.35. The molecule has 1 amide bonds. The zero-order valence-corrected chi connectivity index (χ0v) is 18.3. The monoisotopic (exact) mass is 426 g/mol. The second kappa shape index (κ2) is 9.13. The molecular weight excluding hydrogens is 400 g/mol. The molecule has 1 N–H and O–H groups in total. The van der Waals surface area contributed by atoms with Gasteiger partial charge in [0.1, 0.15) is 0 Å². The lowest BCUT2D eigenvalue weighted by atomic mass is 9.79. The van der Waals surface area contributed by atoms with E-state index in [0.717, 1.165) is 35.2 Å². The van der Waals surface area contributed by atoms with Gasteiger partial charge >= 0.3 is 0 Å². The van der Waals surface area contributed by atoms with Crippen LogP contribution in [0.5, 0.6) is 0 Å². The smallest absolute Gasteiger partial charge is 0.230 e. The number of thioether (sulfide) groups is 1. The Morgan fingerprint density at radius 1 is 1.17 bits per heavy atom. The van der Waals surface area contributed by atoms with Gasteiger partial charge in [0, 0.05) is 18.5 Å². The van der Waals surface area contributed by atoms with Crippen molar-refractivity contribution in [2.75, 3.05) is 12.3 Å². The van der Waals surface area contributed by atoms with E-state index in [-0.39, 0.29) is 11.3 Å². The van der Waals surface area contributed by atoms with E-state index in [1.54, 1.807) is 11.3 Å². The van der Waals surface area contributed by atoms with Gasteiger partial charge in [-0.25, -0.2) is 0 Å². The van der Waals surface area contributed by atoms with Crippen LogP contribution in [0.4, 0.5) is 0 Å². The van der Waals surface area contributed by atoms with Crippen LogP contribution in [0.15, 0.2) is 53.0 Å². The van der Waals surface area contributed by atoms with E-state index in [4.69, 9.17) is 0 Å². The van der Waals surface area contributed by atoms with Gasteiger partial charge in [-0.05, 0) is 36.8 Å². The van der Waals surface area contributed by atoms with Gasteiger partial charge in [-0.15, -0.1) is 21.5 Å². The lowest BCUT2D eigenvalue weighted by molar-refractivity contribution is -0.118. The minimum atomic E-state index is 0.0560. The van der Waals surface area contributed by atoms with Gasteiger partial charge < -0.3 is 9.88 Å². The number of hydrogen-bond acceptors (Lipinski definition) is 5. The van der Waals surface area contributed by atoms with Crippen molar-refractivity contribution in [3.8, 4) is 10.7 Å². The third-order valence-corrected chi connectivity index (χ3v) is 7.51. The molecule has 3 aromatic rings. The number of thiophene rings is 1. The summed E-state index contributed by atoms with van der Waals surface area (Å²) in [6, 6.07) is 14.7. The standard InChI is InChI=1S/C22H26N4OS2/c1-2-26-20(18-11-8-14-28-18)24-25-21(26)29-15-19(27)23-16-22(12-6-7-13-22)17-9-4-3-5-10-17/h3-5,8-11,14H,2,6-7,12-13,15-16H2,1H3,(H,23,27). The zero-order chi connectivity index (χ0) is 20.1. The van der Waals surface area contributed by atoms with E-state index in [1.807, 2.05) is 17.5 Å². The second-order valence-corrected chi connectivity index (χ2v) is 9.34. The maximum Gasteiger partial charge on any atom is 0.230 e. The summed E-state index contributed by atoms with van der Waals surface area (Å²) in [6.45, 7) is 3.56. The fourth-order valence-electron chi connectivity index (χ4n) is 4.13. The minimum Gasteiger partial charge on any atom is -0.354 e. The largest absolute Gasteiger partial charge is 0.354 e. The molecule has 5 nitrogen and oxygen atoms in total. The van der Waals surface area contributed by atoms with Crippen LogP contribution in [0.25, 0.3) is 10.7 Å². The van der Waals surface area contributed by atoms with Crippen molar-refractivity contribution in [3.05, 3.63) is 53.4 Å². The summed E-state index contributed by atoms with van der Waals surface area (Å²) in [5, 5.41) is 14.7. The van der Waals surface area contributed by atoms with Crippen LogP contribution in [0, 0.1) is 0 Å². The predicted molar refractivity (Wildman–Crippen MR) is 119 cm³/mol. The molecule has 0 unspecified atom stereocenters. The van der Waals surface area contributed by atoms with Crippen LogP contribution < -0.4 is 5.32 Å². The van der Waals surface area contributed by atoms with Crippen molar-refractivity contribution in [1.82, 2.24) is 20.1 Å². The van der Waals surface area contributed by atoms with Gasteiger partial charge in [0.2, 0.25) is 5.91 Å². The second-order valence-electron chi connectivity index (χ2n) is 7.45. The first kappa shape index (κ1) is 20.2. The molecule has 0 aliphatic heterocycles. The lowest BCUT2D eigenvalue weighted by Gasteiger charge is -2.30. The normalized spacial score (nSPS) is 15.5. The minimum absolute atomic E-state index is 0.0560. The summed E-state index contributed by atoms with van der Waals surface area (Å²) in [6.07, 6.45) is 4.73. The summed E-state index contributed by atoms with van der Waals surface area (Å²) in [4.78, 5) is 13.7. The van der Waals surface area contributed by atoms with Crippen LogP contribution in [-0.4, -0.2) is 33.0 Å². The van der Waals surface area contributed by atoms with E-state index >= 15 is 0 Å². The summed E-state index contributed by atoms with van der Waals surface area (Å²) in [7, 11) is 0. The van der Waals surface area contributed by atoms with E-state index < -0.39 is 0 Å². The van der Waals surface area contributed by atoms with Crippen molar-refractivity contribution < 1.29 is 4.79 Å². The van der Waals surface area contributed by atoms with E-state index in [2.05, 4.69) is 57.3 Å². The Balaban J connectivity index is 1.37. The van der Waals surface area contributed by atoms with E-state index in [9.17, 15) is 4.79 Å². The fourth-order valence-corrected chi connectivity index (χ4v) is 5.68. The SMILES string of the molecule is CCn1c(SCC(=O)NCC2(c3ccccc3)CCCC2)nnc1-c1cccs1. The van der Waals surface area contributed by atoms with Gasteiger partial charge in [0.25, 0.3) is 0 Å². The van der Waals surface area contributed by atoms with Crippen LogP contribution in [-0.2, 0) is 16.8 Å². The number of benzene rings is 1. The van der Waals surface area contributed by atoms with Crippen LogP contribution in [0.1, 0.15) is 38.2 Å². The molecule has 7 heteroatoms. The molecule has 0 spiro atoms. The number of hydrogen-bond donors (Lipinski definition) is 1. The number of aromatic nitrogens is 3. The molecule has 4 rings (SSSR count). The van der Waals surface area contributed by atoms with Crippen LogP contribution in [0.2, 0.25) is 0 Å².